The van der Waals surface area contributed by atoms with Gasteiger partial charge in [-0.25, -0.2) is 4.39 Å². The summed E-state index contributed by atoms with van der Waals surface area (Å²) in [6, 6.07) is 4.77. The van der Waals surface area contributed by atoms with Crippen LogP contribution in [0.2, 0.25) is 0 Å². The van der Waals surface area contributed by atoms with E-state index >= 15 is 0 Å². The number of hydrogen-bond acceptors (Lipinski definition) is 2. The molecule has 1 aromatic rings. The first-order valence-electron chi connectivity index (χ1n) is 6.38. The van der Waals surface area contributed by atoms with Gasteiger partial charge in [0.2, 0.25) is 5.91 Å². The predicted octanol–water partition coefficient (Wildman–Crippen LogP) is 3.19. The normalized spacial score (nSPS) is 13.2. The van der Waals surface area contributed by atoms with Crippen molar-refractivity contribution in [1.29, 1.82) is 0 Å². The van der Waals surface area contributed by atoms with Gasteiger partial charge in [0.1, 0.15) is 5.82 Å². The fourth-order valence-electron chi connectivity index (χ4n) is 1.88. The maximum absolute atomic E-state index is 13.5. The van der Waals surface area contributed by atoms with Crippen molar-refractivity contribution in [3.63, 3.8) is 0 Å². The fraction of sp³-hybridized carbons (Fsp3) is 0.500. The van der Waals surface area contributed by atoms with E-state index < -0.39 is 5.54 Å². The summed E-state index contributed by atoms with van der Waals surface area (Å²) in [5.41, 5.74) is 5.63. The summed E-state index contributed by atoms with van der Waals surface area (Å²) in [5, 5.41) is 2.76. The van der Waals surface area contributed by atoms with E-state index in [1.807, 2.05) is 6.92 Å². The Morgan fingerprint density at radius 3 is 2.75 bits per heavy atom. The Morgan fingerprint density at radius 1 is 1.50 bits per heavy atom. The first-order valence-corrected chi connectivity index (χ1v) is 7.17. The van der Waals surface area contributed by atoms with Crippen LogP contribution in [0.1, 0.15) is 32.3 Å². The van der Waals surface area contributed by atoms with Gasteiger partial charge in [0.05, 0.1) is 5.54 Å². The summed E-state index contributed by atoms with van der Waals surface area (Å²) in [6.45, 7) is 4.07. The van der Waals surface area contributed by atoms with Crippen LogP contribution in [0, 0.1) is 5.82 Å². The van der Waals surface area contributed by atoms with Gasteiger partial charge in [-0.15, -0.1) is 12.4 Å². The van der Waals surface area contributed by atoms with E-state index in [1.165, 1.54) is 6.07 Å². The van der Waals surface area contributed by atoms with Gasteiger partial charge in [-0.05, 0) is 43.5 Å². The molecule has 0 aromatic heterocycles. The summed E-state index contributed by atoms with van der Waals surface area (Å²) in [4.78, 5) is 11.9. The minimum Gasteiger partial charge on any atom is -0.354 e. The molecular formula is C14H21BrClFN2O. The van der Waals surface area contributed by atoms with Crippen LogP contribution in [0.3, 0.4) is 0 Å². The van der Waals surface area contributed by atoms with Crippen LogP contribution in [0.4, 0.5) is 4.39 Å². The van der Waals surface area contributed by atoms with Crippen molar-refractivity contribution >= 4 is 34.2 Å². The molecule has 0 saturated carbocycles. The van der Waals surface area contributed by atoms with Gasteiger partial charge in [0.25, 0.3) is 0 Å². The van der Waals surface area contributed by atoms with Gasteiger partial charge in [-0.1, -0.05) is 29.3 Å². The van der Waals surface area contributed by atoms with E-state index in [1.54, 1.807) is 19.1 Å². The summed E-state index contributed by atoms with van der Waals surface area (Å²) in [7, 11) is 0. The van der Waals surface area contributed by atoms with Crippen LogP contribution >= 0.6 is 28.3 Å². The molecule has 20 heavy (non-hydrogen) atoms. The van der Waals surface area contributed by atoms with Crippen LogP contribution < -0.4 is 11.1 Å². The Labute approximate surface area is 134 Å². The number of carbonyl (C=O) groups excluding carboxylic acids is 1. The second kappa shape index (κ2) is 8.60. The molecule has 6 heteroatoms. The Morgan fingerprint density at radius 2 is 2.15 bits per heavy atom. The van der Waals surface area contributed by atoms with Gasteiger partial charge < -0.3 is 11.1 Å². The zero-order chi connectivity index (χ0) is 14.5. The quantitative estimate of drug-likeness (QED) is 0.811. The Balaban J connectivity index is 0.00000361. The van der Waals surface area contributed by atoms with Crippen LogP contribution in [-0.4, -0.2) is 18.0 Å². The highest BCUT2D eigenvalue weighted by Crippen LogP contribution is 2.16. The molecule has 1 atom stereocenters. The summed E-state index contributed by atoms with van der Waals surface area (Å²) >= 11 is 3.30. The predicted molar refractivity (Wildman–Crippen MR) is 85.6 cm³/mol. The molecule has 0 fully saturated rings. The fourth-order valence-corrected chi connectivity index (χ4v) is 2.29. The molecule has 3 N–H and O–H groups in total. The number of carbonyl (C=O) groups is 1. The number of nitrogens with two attached hydrogens (primary N) is 1. The zero-order valence-corrected chi connectivity index (χ0v) is 14.1. The lowest BCUT2D eigenvalue weighted by molar-refractivity contribution is -0.126. The van der Waals surface area contributed by atoms with Crippen molar-refractivity contribution in [2.75, 3.05) is 6.54 Å². The Kier molecular flexibility index (Phi) is 8.32. The van der Waals surface area contributed by atoms with Gasteiger partial charge in [0.15, 0.2) is 0 Å². The molecule has 1 aromatic carbocycles. The largest absolute Gasteiger partial charge is 0.354 e. The molecule has 0 bridgehead atoms. The van der Waals surface area contributed by atoms with Crippen molar-refractivity contribution in [1.82, 2.24) is 5.32 Å². The van der Waals surface area contributed by atoms with E-state index in [0.717, 1.165) is 10.9 Å². The van der Waals surface area contributed by atoms with E-state index in [4.69, 9.17) is 5.73 Å². The molecule has 1 rings (SSSR count). The van der Waals surface area contributed by atoms with Gasteiger partial charge >= 0.3 is 0 Å². The highest BCUT2D eigenvalue weighted by molar-refractivity contribution is 9.10. The first kappa shape index (κ1) is 19.4. The maximum Gasteiger partial charge on any atom is 0.239 e. The molecule has 114 valence electrons. The smallest absolute Gasteiger partial charge is 0.239 e. The summed E-state index contributed by atoms with van der Waals surface area (Å²) in [6.07, 6.45) is 1.92. The zero-order valence-electron chi connectivity index (χ0n) is 11.7. The van der Waals surface area contributed by atoms with Crippen molar-refractivity contribution in [3.05, 3.63) is 34.1 Å². The van der Waals surface area contributed by atoms with Crippen molar-refractivity contribution in [2.24, 2.45) is 5.73 Å². The van der Waals surface area contributed by atoms with E-state index in [0.29, 0.717) is 24.9 Å². The van der Waals surface area contributed by atoms with E-state index in [-0.39, 0.29) is 24.1 Å². The molecule has 0 radical (unpaired) electrons. The minimum absolute atomic E-state index is 0. The van der Waals surface area contributed by atoms with Crippen molar-refractivity contribution in [2.45, 2.75) is 38.6 Å². The van der Waals surface area contributed by atoms with Crippen molar-refractivity contribution < 1.29 is 9.18 Å². The molecule has 0 aliphatic heterocycles. The molecule has 1 unspecified atom stereocenters. The average Bonchev–Trinajstić information content (AvgIpc) is 2.33. The van der Waals surface area contributed by atoms with E-state index in [9.17, 15) is 9.18 Å². The lowest BCUT2D eigenvalue weighted by Gasteiger charge is -2.22. The highest BCUT2D eigenvalue weighted by Gasteiger charge is 2.26. The van der Waals surface area contributed by atoms with Crippen LogP contribution in [0.5, 0.6) is 0 Å². The third-order valence-electron chi connectivity index (χ3n) is 2.98. The topological polar surface area (TPSA) is 55.1 Å². The van der Waals surface area contributed by atoms with Crippen LogP contribution in [0.25, 0.3) is 0 Å². The maximum atomic E-state index is 13.5. The van der Waals surface area contributed by atoms with Crippen LogP contribution in [-0.2, 0) is 11.2 Å². The number of nitrogens with one attached hydrogen (secondary N) is 1. The third-order valence-corrected chi connectivity index (χ3v) is 3.47. The minimum atomic E-state index is -0.857. The molecule has 0 saturated heterocycles. The SMILES string of the molecule is CCCC(C)(N)C(=O)NCCc1cc(Br)ccc1F.Cl. The molecule has 0 heterocycles. The standard InChI is InChI=1S/C14H20BrFN2O.ClH/c1-3-7-14(2,17)13(19)18-8-6-10-9-11(15)4-5-12(10)16;/h4-5,9H,3,6-8,17H2,1-2H3,(H,18,19);1H. The third kappa shape index (κ3) is 5.77. The van der Waals surface area contributed by atoms with Gasteiger partial charge in [-0.3, -0.25) is 4.79 Å². The van der Waals surface area contributed by atoms with Gasteiger partial charge in [-0.2, -0.15) is 0 Å². The molecule has 0 spiro atoms. The number of hydrogen-bond donors (Lipinski definition) is 2. The molecule has 0 aliphatic carbocycles. The van der Waals surface area contributed by atoms with Crippen LogP contribution in [0.15, 0.2) is 22.7 Å². The second-order valence-electron chi connectivity index (χ2n) is 4.91. The van der Waals surface area contributed by atoms with Crippen molar-refractivity contribution in [3.8, 4) is 0 Å². The molecule has 0 aliphatic rings. The lowest BCUT2D eigenvalue weighted by Crippen LogP contribution is -2.51. The molecular weight excluding hydrogens is 347 g/mol. The number of halogens is 3. The average molecular weight is 368 g/mol. The lowest BCUT2D eigenvalue weighted by atomic mass is 9.96. The summed E-state index contributed by atoms with van der Waals surface area (Å²) in [5.74, 6) is -0.453. The number of rotatable bonds is 6. The van der Waals surface area contributed by atoms with Gasteiger partial charge in [0, 0.05) is 11.0 Å². The first-order chi connectivity index (χ1) is 8.86. The number of amides is 1. The Bertz CT molecular complexity index is 455. The molecule has 3 nitrogen and oxygen atoms in total. The number of benzene rings is 1. The van der Waals surface area contributed by atoms with E-state index in [2.05, 4.69) is 21.2 Å². The Hall–Kier alpha value is -0.650. The second-order valence-corrected chi connectivity index (χ2v) is 5.82. The highest BCUT2D eigenvalue weighted by atomic mass is 79.9. The monoisotopic (exact) mass is 366 g/mol. The summed E-state index contributed by atoms with van der Waals surface area (Å²) < 4.78 is 14.3. The molecule has 1 amide bonds.